The molecule has 1 atom stereocenters. The van der Waals surface area contributed by atoms with Gasteiger partial charge < -0.3 is 9.27 Å². The van der Waals surface area contributed by atoms with Crippen molar-refractivity contribution < 1.29 is 8.76 Å². The molecule has 16 heavy (non-hydrogen) atoms. The molecule has 0 aliphatic rings. The normalized spacial score (nSPS) is 10.8. The van der Waals surface area contributed by atoms with Crippen molar-refractivity contribution in [2.24, 2.45) is 0 Å². The predicted molar refractivity (Wildman–Crippen MR) is 65.4 cm³/mol. The van der Waals surface area contributed by atoms with Gasteiger partial charge in [-0.3, -0.25) is 4.21 Å². The summed E-state index contributed by atoms with van der Waals surface area (Å²) in [6.45, 7) is 0. The zero-order chi connectivity index (χ0) is 11.6. The minimum absolute atomic E-state index is 0.579. The third kappa shape index (κ3) is 5.95. The number of nitrogens with one attached hydrogen (secondary N) is 1. The van der Waals surface area contributed by atoms with Crippen molar-refractivity contribution in [2.75, 3.05) is 4.72 Å². The summed E-state index contributed by atoms with van der Waals surface area (Å²) in [6.07, 6.45) is 0. The number of rotatable bonds is 2. The van der Waals surface area contributed by atoms with Gasteiger partial charge in [-0.25, -0.2) is 0 Å². The zero-order valence-electron chi connectivity index (χ0n) is 8.58. The molecule has 2 aromatic rings. The Morgan fingerprint density at radius 3 is 1.56 bits per heavy atom. The lowest BCUT2D eigenvalue weighted by Crippen LogP contribution is -2.01. The van der Waals surface area contributed by atoms with Gasteiger partial charge in [0.2, 0.25) is 0 Å². The second-order valence-electron chi connectivity index (χ2n) is 2.86. The first-order chi connectivity index (χ1) is 7.79. The molecule has 0 spiro atoms. The summed E-state index contributed by atoms with van der Waals surface area (Å²) in [5, 5.41) is 0. The molecule has 0 heterocycles. The van der Waals surface area contributed by atoms with Crippen LogP contribution in [0.1, 0.15) is 0 Å². The largest absolute Gasteiger partial charge is 0.755 e. The molecule has 0 aliphatic heterocycles. The molecule has 1 unspecified atom stereocenters. The van der Waals surface area contributed by atoms with E-state index in [1.165, 1.54) is 0 Å². The van der Waals surface area contributed by atoms with Crippen LogP contribution in [0, 0.1) is 0 Å². The van der Waals surface area contributed by atoms with Gasteiger partial charge >= 0.3 is 0 Å². The highest BCUT2D eigenvalue weighted by molar-refractivity contribution is 7.80. The molecule has 0 saturated heterocycles. The van der Waals surface area contributed by atoms with E-state index in [2.05, 4.69) is 4.72 Å². The lowest BCUT2D eigenvalue weighted by molar-refractivity contribution is 0.542. The average Bonchev–Trinajstić information content (AvgIpc) is 2.32. The Balaban J connectivity index is 0.000000181. The van der Waals surface area contributed by atoms with Crippen molar-refractivity contribution in [3.05, 3.63) is 66.7 Å². The molecule has 0 amide bonds. The summed E-state index contributed by atoms with van der Waals surface area (Å²) >= 11 is -2.22. The van der Waals surface area contributed by atoms with Crippen LogP contribution in [-0.2, 0) is 11.3 Å². The van der Waals surface area contributed by atoms with Gasteiger partial charge in [-0.05, 0) is 12.1 Å². The lowest BCUT2D eigenvalue weighted by atomic mass is 10.3. The summed E-state index contributed by atoms with van der Waals surface area (Å²) in [4.78, 5) is 0. The number of hydrogen-bond acceptors (Lipinski definition) is 2. The molecule has 2 aromatic carbocycles. The quantitative estimate of drug-likeness (QED) is 0.812. The van der Waals surface area contributed by atoms with Crippen molar-refractivity contribution in [1.82, 2.24) is 0 Å². The Labute approximate surface area is 97.6 Å². The summed E-state index contributed by atoms with van der Waals surface area (Å²) in [5.41, 5.74) is 0.579. The van der Waals surface area contributed by atoms with Gasteiger partial charge in [0.25, 0.3) is 0 Å². The smallest absolute Gasteiger partial charge is 0.0452 e. The van der Waals surface area contributed by atoms with E-state index in [9.17, 15) is 8.76 Å². The van der Waals surface area contributed by atoms with E-state index < -0.39 is 11.3 Å². The Kier molecular flexibility index (Phi) is 5.91. The van der Waals surface area contributed by atoms with Crippen LogP contribution in [0.2, 0.25) is 0 Å². The summed E-state index contributed by atoms with van der Waals surface area (Å²) in [7, 11) is 0. The van der Waals surface area contributed by atoms with E-state index in [-0.39, 0.29) is 0 Å². The molecule has 0 aromatic heterocycles. The fraction of sp³-hybridized carbons (Fsp3) is 0. The van der Waals surface area contributed by atoms with Crippen LogP contribution < -0.4 is 4.72 Å². The van der Waals surface area contributed by atoms with Gasteiger partial charge in [0.1, 0.15) is 0 Å². The Morgan fingerprint density at radius 2 is 1.19 bits per heavy atom. The number of anilines is 1. The Bertz CT molecular complexity index is 379. The van der Waals surface area contributed by atoms with Gasteiger partial charge in [-0.1, -0.05) is 54.6 Å². The first-order valence-electron chi connectivity index (χ1n) is 4.70. The average molecular weight is 234 g/mol. The van der Waals surface area contributed by atoms with Crippen molar-refractivity contribution in [1.29, 1.82) is 0 Å². The van der Waals surface area contributed by atoms with Gasteiger partial charge in [0, 0.05) is 17.0 Å². The minimum atomic E-state index is -2.22. The maximum atomic E-state index is 10.1. The van der Waals surface area contributed by atoms with Crippen molar-refractivity contribution >= 4 is 17.0 Å². The lowest BCUT2D eigenvalue weighted by Gasteiger charge is -2.06. The van der Waals surface area contributed by atoms with Crippen molar-refractivity contribution in [3.63, 3.8) is 0 Å². The highest BCUT2D eigenvalue weighted by atomic mass is 32.2. The SMILES string of the molecule is O=S([O-])Nc1ccccc1.c1ccccc1. The summed E-state index contributed by atoms with van der Waals surface area (Å²) < 4.78 is 22.3. The first kappa shape index (κ1) is 12.4. The van der Waals surface area contributed by atoms with Crippen LogP contribution in [0.15, 0.2) is 66.7 Å². The zero-order valence-corrected chi connectivity index (χ0v) is 9.39. The fourth-order valence-corrected chi connectivity index (χ4v) is 1.32. The second kappa shape index (κ2) is 7.62. The summed E-state index contributed by atoms with van der Waals surface area (Å²) in [6, 6.07) is 20.7. The molecule has 0 radical (unpaired) electrons. The molecule has 4 heteroatoms. The summed E-state index contributed by atoms with van der Waals surface area (Å²) in [5.74, 6) is 0. The third-order valence-corrected chi connectivity index (χ3v) is 2.04. The number of hydrogen-bond donors (Lipinski definition) is 1. The maximum absolute atomic E-state index is 10.1. The van der Waals surface area contributed by atoms with Gasteiger partial charge in [-0.2, -0.15) is 0 Å². The molecule has 1 N–H and O–H groups in total. The maximum Gasteiger partial charge on any atom is 0.0452 e. The molecule has 3 nitrogen and oxygen atoms in total. The van der Waals surface area contributed by atoms with Gasteiger partial charge in [-0.15, -0.1) is 0 Å². The standard InChI is InChI=1S/C6H7NO2S.C6H6/c8-10(9)7-6-4-2-1-3-5-6;1-2-4-6-5-3-1/h1-5,7H,(H,8,9);1-6H/p-1. The molecule has 2 rings (SSSR count). The minimum Gasteiger partial charge on any atom is -0.755 e. The van der Waals surface area contributed by atoms with Gasteiger partial charge in [0.05, 0.1) is 0 Å². The second-order valence-corrected chi connectivity index (χ2v) is 3.53. The van der Waals surface area contributed by atoms with E-state index in [0.717, 1.165) is 0 Å². The monoisotopic (exact) mass is 234 g/mol. The van der Waals surface area contributed by atoms with Crippen LogP contribution >= 0.6 is 0 Å². The predicted octanol–water partition coefficient (Wildman–Crippen LogP) is 2.58. The van der Waals surface area contributed by atoms with E-state index >= 15 is 0 Å². The van der Waals surface area contributed by atoms with Crippen LogP contribution in [0.4, 0.5) is 5.69 Å². The van der Waals surface area contributed by atoms with E-state index in [1.807, 2.05) is 42.5 Å². The molecule has 0 aliphatic carbocycles. The molecule has 84 valence electrons. The van der Waals surface area contributed by atoms with Crippen LogP contribution in [0.3, 0.4) is 0 Å². The molecular weight excluding hydrogens is 222 g/mol. The molecule has 0 saturated carbocycles. The van der Waals surface area contributed by atoms with Crippen molar-refractivity contribution in [2.45, 2.75) is 0 Å². The van der Waals surface area contributed by atoms with Gasteiger partial charge in [0.15, 0.2) is 0 Å². The topological polar surface area (TPSA) is 52.2 Å². The molecular formula is C12H12NO2S-. The van der Waals surface area contributed by atoms with Crippen LogP contribution in [0.25, 0.3) is 0 Å². The highest BCUT2D eigenvalue weighted by Gasteiger charge is 1.84. The Morgan fingerprint density at radius 1 is 0.812 bits per heavy atom. The van der Waals surface area contributed by atoms with E-state index in [4.69, 9.17) is 0 Å². The number of para-hydroxylation sites is 1. The number of benzene rings is 2. The Hall–Kier alpha value is -1.65. The molecule has 0 bridgehead atoms. The fourth-order valence-electron chi connectivity index (χ4n) is 0.987. The van der Waals surface area contributed by atoms with Crippen LogP contribution in [-0.4, -0.2) is 8.76 Å². The molecule has 0 fully saturated rings. The van der Waals surface area contributed by atoms with Crippen LogP contribution in [0.5, 0.6) is 0 Å². The third-order valence-electron chi connectivity index (χ3n) is 1.64. The first-order valence-corrected chi connectivity index (χ1v) is 5.77. The van der Waals surface area contributed by atoms with E-state index in [0.29, 0.717) is 5.69 Å². The van der Waals surface area contributed by atoms with E-state index in [1.54, 1.807) is 24.3 Å². The highest BCUT2D eigenvalue weighted by Crippen LogP contribution is 2.04. The van der Waals surface area contributed by atoms with Crippen molar-refractivity contribution in [3.8, 4) is 0 Å².